The van der Waals surface area contributed by atoms with Crippen LogP contribution in [-0.4, -0.2) is 35.1 Å². The third kappa shape index (κ3) is 3.27. The summed E-state index contributed by atoms with van der Waals surface area (Å²) >= 11 is 3.40. The van der Waals surface area contributed by atoms with Crippen LogP contribution in [0.5, 0.6) is 0 Å². The minimum absolute atomic E-state index is 0.0473. The van der Waals surface area contributed by atoms with E-state index in [1.165, 1.54) is 6.20 Å². The number of hydrogen-bond acceptors (Lipinski definition) is 5. The molecule has 2 heterocycles. The molecule has 6 nitrogen and oxygen atoms in total. The van der Waals surface area contributed by atoms with E-state index in [1.54, 1.807) is 6.20 Å². The predicted octanol–water partition coefficient (Wildman–Crippen LogP) is 2.72. The Balaban J connectivity index is 2.35. The van der Waals surface area contributed by atoms with Gasteiger partial charge in [-0.2, -0.15) is 0 Å². The van der Waals surface area contributed by atoms with Crippen molar-refractivity contribution in [3.05, 3.63) is 27.0 Å². The molecule has 0 spiro atoms. The highest BCUT2D eigenvalue weighted by atomic mass is 79.9. The first-order valence-electron chi connectivity index (χ1n) is 6.78. The summed E-state index contributed by atoms with van der Waals surface area (Å²) in [6, 6.07) is 0.562. The highest BCUT2D eigenvalue weighted by Gasteiger charge is 2.27. The van der Waals surface area contributed by atoms with Crippen LogP contribution in [0, 0.1) is 10.1 Å². The van der Waals surface area contributed by atoms with Crippen molar-refractivity contribution in [3.63, 3.8) is 0 Å². The van der Waals surface area contributed by atoms with Crippen LogP contribution in [-0.2, 0) is 0 Å². The van der Waals surface area contributed by atoms with Gasteiger partial charge in [0, 0.05) is 24.8 Å². The fraction of sp³-hybridized carbons (Fsp3) is 0.615. The summed E-state index contributed by atoms with van der Waals surface area (Å²) in [5.74, 6) is 0. The van der Waals surface area contributed by atoms with Gasteiger partial charge in [-0.15, -0.1) is 0 Å². The standard InChI is InChI=1S/C13H19BrN4O2/c1-9(2)17(8-10-4-3-5-16-10)13-11(14)6-15-7-12(13)18(19)20/h6-7,9-10,16H,3-5,8H2,1-2H3. The number of nitrogens with zero attached hydrogens (tertiary/aromatic N) is 3. The fourth-order valence-corrected chi connectivity index (χ4v) is 3.10. The Morgan fingerprint density at radius 1 is 1.60 bits per heavy atom. The lowest BCUT2D eigenvalue weighted by atomic mass is 10.1. The van der Waals surface area contributed by atoms with Crippen molar-refractivity contribution in [2.75, 3.05) is 18.0 Å². The van der Waals surface area contributed by atoms with Gasteiger partial charge in [0.25, 0.3) is 0 Å². The van der Waals surface area contributed by atoms with Crippen LogP contribution < -0.4 is 10.2 Å². The minimum atomic E-state index is -0.370. The van der Waals surface area contributed by atoms with Crippen LogP contribution in [0.15, 0.2) is 16.9 Å². The van der Waals surface area contributed by atoms with E-state index >= 15 is 0 Å². The van der Waals surface area contributed by atoms with Gasteiger partial charge in [-0.3, -0.25) is 15.1 Å². The van der Waals surface area contributed by atoms with Crippen LogP contribution in [0.2, 0.25) is 0 Å². The van der Waals surface area contributed by atoms with Gasteiger partial charge in [-0.25, -0.2) is 0 Å². The molecule has 1 N–H and O–H groups in total. The van der Waals surface area contributed by atoms with Crippen molar-refractivity contribution in [3.8, 4) is 0 Å². The summed E-state index contributed by atoms with van der Waals surface area (Å²) in [7, 11) is 0. The molecule has 1 aliphatic heterocycles. The number of nitro groups is 1. The quantitative estimate of drug-likeness (QED) is 0.657. The summed E-state index contributed by atoms with van der Waals surface area (Å²) < 4.78 is 0.665. The molecule has 1 saturated heterocycles. The van der Waals surface area contributed by atoms with Crippen LogP contribution in [0.4, 0.5) is 11.4 Å². The van der Waals surface area contributed by atoms with E-state index in [0.717, 1.165) is 25.9 Å². The maximum absolute atomic E-state index is 11.2. The number of hydrogen-bond donors (Lipinski definition) is 1. The van der Waals surface area contributed by atoms with E-state index in [4.69, 9.17) is 0 Å². The summed E-state index contributed by atoms with van der Waals surface area (Å²) in [4.78, 5) is 16.9. The zero-order valence-corrected chi connectivity index (χ0v) is 13.3. The number of aromatic nitrogens is 1. The highest BCUT2D eigenvalue weighted by molar-refractivity contribution is 9.10. The first-order valence-corrected chi connectivity index (χ1v) is 7.58. The maximum atomic E-state index is 11.2. The third-order valence-corrected chi connectivity index (χ3v) is 4.12. The van der Waals surface area contributed by atoms with Crippen LogP contribution in [0.25, 0.3) is 0 Å². The monoisotopic (exact) mass is 342 g/mol. The molecule has 1 aromatic heterocycles. The van der Waals surface area contributed by atoms with Gasteiger partial charge in [0.15, 0.2) is 0 Å². The maximum Gasteiger partial charge on any atom is 0.311 e. The zero-order valence-electron chi connectivity index (χ0n) is 11.7. The molecule has 0 aliphatic carbocycles. The number of anilines is 1. The number of pyridine rings is 1. The minimum Gasteiger partial charge on any atom is -0.361 e. The zero-order chi connectivity index (χ0) is 14.7. The predicted molar refractivity (Wildman–Crippen MR) is 82.1 cm³/mol. The molecule has 1 fully saturated rings. The van der Waals surface area contributed by atoms with Crippen molar-refractivity contribution in [1.82, 2.24) is 10.3 Å². The van der Waals surface area contributed by atoms with Gasteiger partial charge in [0.1, 0.15) is 11.9 Å². The molecule has 7 heteroatoms. The van der Waals surface area contributed by atoms with E-state index in [-0.39, 0.29) is 16.7 Å². The third-order valence-electron chi connectivity index (χ3n) is 3.54. The highest BCUT2D eigenvalue weighted by Crippen LogP contribution is 2.36. The summed E-state index contributed by atoms with van der Waals surface area (Å²) in [6.07, 6.45) is 5.20. The average molecular weight is 343 g/mol. The lowest BCUT2D eigenvalue weighted by Crippen LogP contribution is -2.41. The first-order chi connectivity index (χ1) is 9.50. The molecule has 0 saturated carbocycles. The van der Waals surface area contributed by atoms with Gasteiger partial charge in [-0.1, -0.05) is 0 Å². The molecule has 0 bridgehead atoms. The molecule has 110 valence electrons. The van der Waals surface area contributed by atoms with Gasteiger partial charge in [-0.05, 0) is 49.2 Å². The lowest BCUT2D eigenvalue weighted by molar-refractivity contribution is -0.384. The summed E-state index contributed by atoms with van der Waals surface area (Å²) in [5, 5.41) is 14.7. The molecule has 1 aliphatic rings. The molecule has 1 unspecified atom stereocenters. The van der Waals surface area contributed by atoms with E-state index in [0.29, 0.717) is 16.2 Å². The van der Waals surface area contributed by atoms with E-state index < -0.39 is 0 Å². The Labute approximate surface area is 126 Å². The summed E-state index contributed by atoms with van der Waals surface area (Å²) in [6.45, 7) is 5.88. The van der Waals surface area contributed by atoms with Gasteiger partial charge in [0.05, 0.1) is 9.40 Å². The Bertz CT molecular complexity index is 489. The molecule has 0 amide bonds. The average Bonchev–Trinajstić information content (AvgIpc) is 2.88. The molecule has 20 heavy (non-hydrogen) atoms. The Morgan fingerprint density at radius 2 is 2.35 bits per heavy atom. The number of nitrogens with one attached hydrogen (secondary N) is 1. The fourth-order valence-electron chi connectivity index (χ4n) is 2.55. The molecule has 1 atom stereocenters. The van der Waals surface area contributed by atoms with Crippen molar-refractivity contribution < 1.29 is 4.92 Å². The second-order valence-electron chi connectivity index (χ2n) is 5.29. The second kappa shape index (κ2) is 6.49. The SMILES string of the molecule is CC(C)N(CC1CCCN1)c1c(Br)cncc1[N+](=O)[O-]. The van der Waals surface area contributed by atoms with Crippen LogP contribution in [0.3, 0.4) is 0 Å². The van der Waals surface area contributed by atoms with Crippen molar-refractivity contribution in [2.24, 2.45) is 0 Å². The molecular weight excluding hydrogens is 324 g/mol. The van der Waals surface area contributed by atoms with Crippen LogP contribution >= 0.6 is 15.9 Å². The normalized spacial score (nSPS) is 18.5. The molecule has 0 aromatic carbocycles. The van der Waals surface area contributed by atoms with Gasteiger partial charge in [0.2, 0.25) is 0 Å². The summed E-state index contributed by atoms with van der Waals surface area (Å²) in [5.41, 5.74) is 0.666. The second-order valence-corrected chi connectivity index (χ2v) is 6.14. The number of rotatable bonds is 5. The Kier molecular flexibility index (Phi) is 4.93. The van der Waals surface area contributed by atoms with E-state index in [1.807, 2.05) is 13.8 Å². The topological polar surface area (TPSA) is 71.3 Å². The lowest BCUT2D eigenvalue weighted by Gasteiger charge is -2.31. The molecule has 2 rings (SSSR count). The van der Waals surface area contributed by atoms with Crippen molar-refractivity contribution in [1.29, 1.82) is 0 Å². The van der Waals surface area contributed by atoms with E-state index in [9.17, 15) is 10.1 Å². The Morgan fingerprint density at radius 3 is 2.90 bits per heavy atom. The van der Waals surface area contributed by atoms with Crippen molar-refractivity contribution >= 4 is 27.3 Å². The Hall–Kier alpha value is -1.21. The van der Waals surface area contributed by atoms with E-state index in [2.05, 4.69) is 31.1 Å². The van der Waals surface area contributed by atoms with Gasteiger partial charge < -0.3 is 10.2 Å². The molecule has 1 aromatic rings. The van der Waals surface area contributed by atoms with Crippen molar-refractivity contribution in [2.45, 2.75) is 38.8 Å². The van der Waals surface area contributed by atoms with Crippen LogP contribution in [0.1, 0.15) is 26.7 Å². The smallest absolute Gasteiger partial charge is 0.311 e. The first kappa shape index (κ1) is 15.2. The number of halogens is 1. The molecule has 0 radical (unpaired) electrons. The van der Waals surface area contributed by atoms with Gasteiger partial charge >= 0.3 is 5.69 Å². The largest absolute Gasteiger partial charge is 0.361 e. The molecular formula is C13H19BrN4O2.